The van der Waals surface area contributed by atoms with Gasteiger partial charge < -0.3 is 10.1 Å². The molecule has 1 N–H and O–H groups in total. The number of aryl methyl sites for hydroxylation is 1. The summed E-state index contributed by atoms with van der Waals surface area (Å²) in [5, 5.41) is 3.52. The van der Waals surface area contributed by atoms with Gasteiger partial charge in [0.2, 0.25) is 0 Å². The summed E-state index contributed by atoms with van der Waals surface area (Å²) < 4.78 is 6.19. The minimum Gasteiger partial charge on any atom is -0.369 e. The molecule has 2 aliphatic rings. The molecule has 0 amide bonds. The third kappa shape index (κ3) is 1.62. The Bertz CT molecular complexity index is 401. The third-order valence-corrected chi connectivity index (χ3v) is 5.03. The zero-order valence-electron chi connectivity index (χ0n) is 10.0. The lowest BCUT2D eigenvalue weighted by molar-refractivity contribution is -0.0848. The fourth-order valence-electron chi connectivity index (χ4n) is 3.09. The normalized spacial score (nSPS) is 34.0. The molecule has 1 aromatic heterocycles. The van der Waals surface area contributed by atoms with Gasteiger partial charge in [-0.3, -0.25) is 0 Å². The molecule has 1 fully saturated rings. The molecule has 0 radical (unpaired) electrons. The molecular formula is C13H19NOS. The number of fused-ring (bicyclic) bond motifs is 2. The van der Waals surface area contributed by atoms with E-state index in [1.807, 2.05) is 11.3 Å². The van der Waals surface area contributed by atoms with Gasteiger partial charge in [0.25, 0.3) is 0 Å². The van der Waals surface area contributed by atoms with E-state index in [9.17, 15) is 0 Å². The Labute approximate surface area is 101 Å². The molecule has 0 saturated carbocycles. The van der Waals surface area contributed by atoms with Crippen LogP contribution in [-0.2, 0) is 16.8 Å². The highest BCUT2D eigenvalue weighted by molar-refractivity contribution is 7.12. The summed E-state index contributed by atoms with van der Waals surface area (Å²) in [4.78, 5) is 2.95. The first kappa shape index (κ1) is 10.8. The van der Waals surface area contributed by atoms with Gasteiger partial charge in [-0.15, -0.1) is 11.3 Å². The molecular weight excluding hydrogens is 218 g/mol. The summed E-state index contributed by atoms with van der Waals surface area (Å²) in [6.45, 7) is 6.45. The van der Waals surface area contributed by atoms with Crippen LogP contribution in [0.3, 0.4) is 0 Å². The average molecular weight is 237 g/mol. The van der Waals surface area contributed by atoms with Gasteiger partial charge in [0.1, 0.15) is 5.60 Å². The first-order valence-corrected chi connectivity index (χ1v) is 6.98. The molecule has 3 heterocycles. The van der Waals surface area contributed by atoms with E-state index in [0.717, 1.165) is 32.4 Å². The van der Waals surface area contributed by atoms with Gasteiger partial charge in [-0.2, -0.15) is 0 Å². The zero-order chi connectivity index (χ0) is 11.2. The summed E-state index contributed by atoms with van der Waals surface area (Å²) in [7, 11) is 0. The van der Waals surface area contributed by atoms with Crippen molar-refractivity contribution in [1.29, 1.82) is 0 Å². The van der Waals surface area contributed by atoms with Crippen LogP contribution in [0.4, 0.5) is 0 Å². The summed E-state index contributed by atoms with van der Waals surface area (Å²) in [5.74, 6) is 0. The highest BCUT2D eigenvalue weighted by Crippen LogP contribution is 2.45. The van der Waals surface area contributed by atoms with Crippen molar-refractivity contribution in [1.82, 2.24) is 5.32 Å². The Morgan fingerprint density at radius 2 is 2.44 bits per heavy atom. The predicted molar refractivity (Wildman–Crippen MR) is 67.1 cm³/mol. The standard InChI is InChI=1S/C13H19NOS/c1-9-8-13(4-5-14-9)12-11(3-6-15-13)7-10(2)16-12/h7,9,14H,3-6,8H2,1-2H3/t9-,13?/m0/s1. The van der Waals surface area contributed by atoms with E-state index in [2.05, 4.69) is 25.2 Å². The van der Waals surface area contributed by atoms with Crippen molar-refractivity contribution in [3.05, 3.63) is 21.4 Å². The minimum atomic E-state index is 0.0389. The summed E-state index contributed by atoms with van der Waals surface area (Å²) in [6, 6.07) is 2.93. The largest absolute Gasteiger partial charge is 0.369 e. The average Bonchev–Trinajstić information content (AvgIpc) is 2.60. The van der Waals surface area contributed by atoms with E-state index in [4.69, 9.17) is 4.74 Å². The van der Waals surface area contributed by atoms with Crippen LogP contribution < -0.4 is 5.32 Å². The van der Waals surface area contributed by atoms with Crippen LogP contribution in [0.15, 0.2) is 6.07 Å². The number of thiophene rings is 1. The van der Waals surface area contributed by atoms with Crippen molar-refractivity contribution < 1.29 is 4.74 Å². The van der Waals surface area contributed by atoms with Crippen molar-refractivity contribution in [3.63, 3.8) is 0 Å². The van der Waals surface area contributed by atoms with Crippen molar-refractivity contribution in [2.75, 3.05) is 13.2 Å². The molecule has 3 rings (SSSR count). The van der Waals surface area contributed by atoms with Gasteiger partial charge in [0, 0.05) is 15.8 Å². The van der Waals surface area contributed by atoms with Crippen molar-refractivity contribution >= 4 is 11.3 Å². The number of hydrogen-bond acceptors (Lipinski definition) is 3. The molecule has 0 aromatic carbocycles. The van der Waals surface area contributed by atoms with Gasteiger partial charge in [-0.25, -0.2) is 0 Å². The number of hydrogen-bond donors (Lipinski definition) is 1. The molecule has 16 heavy (non-hydrogen) atoms. The number of piperidine rings is 1. The SMILES string of the molecule is Cc1cc2c(s1)C1(CCN[C@@H](C)C1)OCC2. The van der Waals surface area contributed by atoms with E-state index in [1.54, 1.807) is 5.56 Å². The van der Waals surface area contributed by atoms with Crippen LogP contribution in [0.5, 0.6) is 0 Å². The van der Waals surface area contributed by atoms with Crippen molar-refractivity contribution in [2.24, 2.45) is 0 Å². The molecule has 88 valence electrons. The minimum absolute atomic E-state index is 0.0389. The van der Waals surface area contributed by atoms with E-state index in [0.29, 0.717) is 6.04 Å². The van der Waals surface area contributed by atoms with Gasteiger partial charge in [-0.1, -0.05) is 0 Å². The molecule has 2 aliphatic heterocycles. The number of ether oxygens (including phenoxy) is 1. The first-order chi connectivity index (χ1) is 7.70. The molecule has 2 nitrogen and oxygen atoms in total. The van der Waals surface area contributed by atoms with Gasteiger partial charge in [-0.05, 0) is 51.3 Å². The zero-order valence-corrected chi connectivity index (χ0v) is 10.8. The predicted octanol–water partition coefficient (Wildman–Crippen LogP) is 2.60. The second kappa shape index (κ2) is 3.83. The lowest BCUT2D eigenvalue weighted by Crippen LogP contribution is -2.48. The van der Waals surface area contributed by atoms with Crippen LogP contribution in [-0.4, -0.2) is 19.2 Å². The van der Waals surface area contributed by atoms with Gasteiger partial charge >= 0.3 is 0 Å². The molecule has 0 aliphatic carbocycles. The van der Waals surface area contributed by atoms with Crippen LogP contribution >= 0.6 is 11.3 Å². The first-order valence-electron chi connectivity index (χ1n) is 6.17. The van der Waals surface area contributed by atoms with E-state index in [1.165, 1.54) is 9.75 Å². The lowest BCUT2D eigenvalue weighted by atomic mass is 9.83. The Balaban J connectivity index is 2.02. The fourth-order valence-corrected chi connectivity index (χ4v) is 4.33. The van der Waals surface area contributed by atoms with Crippen LogP contribution in [0.1, 0.15) is 35.1 Å². The van der Waals surface area contributed by atoms with E-state index in [-0.39, 0.29) is 5.60 Å². The Hall–Kier alpha value is -0.380. The van der Waals surface area contributed by atoms with E-state index < -0.39 is 0 Å². The summed E-state index contributed by atoms with van der Waals surface area (Å²) in [6.07, 6.45) is 3.35. The molecule has 0 bridgehead atoms. The Morgan fingerprint density at radius 1 is 1.56 bits per heavy atom. The molecule has 2 atom stereocenters. The third-order valence-electron chi connectivity index (χ3n) is 3.75. The molecule has 1 saturated heterocycles. The molecule has 3 heteroatoms. The number of rotatable bonds is 0. The summed E-state index contributed by atoms with van der Waals surface area (Å²) >= 11 is 1.94. The molecule has 1 aromatic rings. The maximum atomic E-state index is 6.19. The monoisotopic (exact) mass is 237 g/mol. The second-order valence-electron chi connectivity index (χ2n) is 5.11. The van der Waals surface area contributed by atoms with Crippen LogP contribution in [0.25, 0.3) is 0 Å². The second-order valence-corrected chi connectivity index (χ2v) is 6.37. The maximum Gasteiger partial charge on any atom is 0.105 e. The topological polar surface area (TPSA) is 21.3 Å². The molecule has 1 spiro atoms. The fraction of sp³-hybridized carbons (Fsp3) is 0.692. The highest BCUT2D eigenvalue weighted by atomic mass is 32.1. The summed E-state index contributed by atoms with van der Waals surface area (Å²) in [5.41, 5.74) is 1.58. The van der Waals surface area contributed by atoms with E-state index >= 15 is 0 Å². The van der Waals surface area contributed by atoms with Gasteiger partial charge in [0.05, 0.1) is 6.61 Å². The molecule has 1 unspecified atom stereocenters. The Kier molecular flexibility index (Phi) is 2.57. The highest BCUT2D eigenvalue weighted by Gasteiger charge is 2.42. The smallest absolute Gasteiger partial charge is 0.105 e. The number of nitrogens with one attached hydrogen (secondary N) is 1. The maximum absolute atomic E-state index is 6.19. The van der Waals surface area contributed by atoms with Crippen LogP contribution in [0, 0.1) is 6.92 Å². The van der Waals surface area contributed by atoms with Crippen LogP contribution in [0.2, 0.25) is 0 Å². The quantitative estimate of drug-likeness (QED) is 0.749. The van der Waals surface area contributed by atoms with Crippen molar-refractivity contribution in [3.8, 4) is 0 Å². The van der Waals surface area contributed by atoms with Gasteiger partial charge in [0.15, 0.2) is 0 Å². The van der Waals surface area contributed by atoms with Crippen molar-refractivity contribution in [2.45, 2.75) is 44.8 Å². The Morgan fingerprint density at radius 3 is 3.25 bits per heavy atom. The lowest BCUT2D eigenvalue weighted by Gasteiger charge is -2.42.